The lowest BCUT2D eigenvalue weighted by Crippen LogP contribution is -2.23. The van der Waals surface area contributed by atoms with E-state index in [1.807, 2.05) is 18.2 Å². The van der Waals surface area contributed by atoms with Crippen LogP contribution in [-0.2, 0) is 0 Å². The van der Waals surface area contributed by atoms with Gasteiger partial charge in [-0.1, -0.05) is 41.1 Å². The fraction of sp³-hybridized carbons (Fsp3) is 0.150. The number of hydrogen-bond donors (Lipinski definition) is 0. The first kappa shape index (κ1) is 19.2. The molecule has 7 nitrogen and oxygen atoms in total. The molecule has 148 valence electrons. The van der Waals surface area contributed by atoms with Gasteiger partial charge in [-0.2, -0.15) is 9.50 Å². The van der Waals surface area contributed by atoms with Gasteiger partial charge in [0.05, 0.1) is 25.9 Å². The third-order valence-electron chi connectivity index (χ3n) is 4.30. The van der Waals surface area contributed by atoms with Gasteiger partial charge < -0.3 is 14.2 Å². The SMILES string of the molecule is COc1cc(-c2nc3s/c(=C\c4ccccc4Cl)c(=O)n3n2)cc(OC)c1OC. The normalized spacial score (nSPS) is 11.8. The Kier molecular flexibility index (Phi) is 5.12. The molecular formula is C20H16ClN3O4S. The van der Waals surface area contributed by atoms with Crippen LogP contribution in [0.2, 0.25) is 5.02 Å². The summed E-state index contributed by atoms with van der Waals surface area (Å²) in [6.07, 6.45) is 1.74. The molecule has 0 unspecified atom stereocenters. The number of benzene rings is 2. The van der Waals surface area contributed by atoms with E-state index in [1.165, 1.54) is 37.2 Å². The first-order chi connectivity index (χ1) is 14.0. The maximum absolute atomic E-state index is 12.8. The predicted octanol–water partition coefficient (Wildman–Crippen LogP) is 3.04. The monoisotopic (exact) mass is 429 g/mol. The van der Waals surface area contributed by atoms with Gasteiger partial charge in [0, 0.05) is 10.6 Å². The highest BCUT2D eigenvalue weighted by Crippen LogP contribution is 2.40. The smallest absolute Gasteiger partial charge is 0.291 e. The highest BCUT2D eigenvalue weighted by molar-refractivity contribution is 7.15. The van der Waals surface area contributed by atoms with E-state index in [-0.39, 0.29) is 5.56 Å². The van der Waals surface area contributed by atoms with Crippen LogP contribution >= 0.6 is 22.9 Å². The Labute approximate surface area is 174 Å². The highest BCUT2D eigenvalue weighted by atomic mass is 35.5. The summed E-state index contributed by atoms with van der Waals surface area (Å²) in [6.45, 7) is 0. The van der Waals surface area contributed by atoms with Crippen LogP contribution in [0.4, 0.5) is 0 Å². The van der Waals surface area contributed by atoms with Crippen molar-refractivity contribution in [3.8, 4) is 28.6 Å². The van der Waals surface area contributed by atoms with E-state index >= 15 is 0 Å². The third-order valence-corrected chi connectivity index (χ3v) is 5.60. The van der Waals surface area contributed by atoms with Crippen molar-refractivity contribution < 1.29 is 14.2 Å². The summed E-state index contributed by atoms with van der Waals surface area (Å²) < 4.78 is 17.9. The Morgan fingerprint density at radius 2 is 1.76 bits per heavy atom. The molecule has 0 amide bonds. The number of fused-ring (bicyclic) bond motifs is 1. The molecule has 0 spiro atoms. The minimum absolute atomic E-state index is 0.254. The molecule has 0 radical (unpaired) electrons. The van der Waals surface area contributed by atoms with Crippen molar-refractivity contribution in [3.05, 3.63) is 61.9 Å². The van der Waals surface area contributed by atoms with E-state index < -0.39 is 0 Å². The summed E-state index contributed by atoms with van der Waals surface area (Å²) in [5.74, 6) is 1.82. The van der Waals surface area contributed by atoms with Crippen LogP contribution in [0.15, 0.2) is 41.2 Å². The zero-order valence-electron chi connectivity index (χ0n) is 15.8. The zero-order valence-corrected chi connectivity index (χ0v) is 17.4. The maximum atomic E-state index is 12.8. The topological polar surface area (TPSA) is 75.0 Å². The van der Waals surface area contributed by atoms with Gasteiger partial charge in [-0.25, -0.2) is 0 Å². The summed E-state index contributed by atoms with van der Waals surface area (Å²) in [7, 11) is 4.60. The van der Waals surface area contributed by atoms with Gasteiger partial charge in [0.1, 0.15) is 0 Å². The fourth-order valence-electron chi connectivity index (χ4n) is 2.90. The summed E-state index contributed by atoms with van der Waals surface area (Å²) in [5, 5.41) is 4.95. The van der Waals surface area contributed by atoms with Crippen LogP contribution in [0, 0.1) is 0 Å². The Balaban J connectivity index is 1.83. The largest absolute Gasteiger partial charge is 0.493 e. The van der Waals surface area contributed by atoms with Crippen LogP contribution in [0.25, 0.3) is 22.4 Å². The van der Waals surface area contributed by atoms with Crippen molar-refractivity contribution >= 4 is 34.0 Å². The summed E-state index contributed by atoms with van der Waals surface area (Å²) >= 11 is 7.43. The number of rotatable bonds is 5. The first-order valence-electron chi connectivity index (χ1n) is 8.52. The molecule has 4 aromatic rings. The van der Waals surface area contributed by atoms with E-state index in [4.69, 9.17) is 25.8 Å². The van der Waals surface area contributed by atoms with Crippen molar-refractivity contribution in [2.24, 2.45) is 0 Å². The average molecular weight is 430 g/mol. The van der Waals surface area contributed by atoms with Crippen LogP contribution in [0.5, 0.6) is 17.2 Å². The first-order valence-corrected chi connectivity index (χ1v) is 9.71. The summed E-state index contributed by atoms with van der Waals surface area (Å²) in [4.78, 5) is 17.7. The van der Waals surface area contributed by atoms with E-state index in [0.29, 0.717) is 43.2 Å². The van der Waals surface area contributed by atoms with E-state index in [9.17, 15) is 4.79 Å². The lowest BCUT2D eigenvalue weighted by atomic mass is 10.1. The Hall–Kier alpha value is -3.10. The van der Waals surface area contributed by atoms with Gasteiger partial charge in [-0.15, -0.1) is 5.10 Å². The maximum Gasteiger partial charge on any atom is 0.291 e. The van der Waals surface area contributed by atoms with Gasteiger partial charge in [0.2, 0.25) is 10.7 Å². The van der Waals surface area contributed by atoms with Gasteiger partial charge in [0.25, 0.3) is 5.56 Å². The molecule has 0 aliphatic rings. The molecule has 0 atom stereocenters. The number of aromatic nitrogens is 3. The molecule has 0 saturated heterocycles. The molecular weight excluding hydrogens is 414 g/mol. The predicted molar refractivity (Wildman–Crippen MR) is 112 cm³/mol. The fourth-order valence-corrected chi connectivity index (χ4v) is 3.99. The molecule has 0 aliphatic carbocycles. The quantitative estimate of drug-likeness (QED) is 0.485. The lowest BCUT2D eigenvalue weighted by Gasteiger charge is -2.12. The minimum atomic E-state index is -0.254. The average Bonchev–Trinajstić information content (AvgIpc) is 3.28. The highest BCUT2D eigenvalue weighted by Gasteiger charge is 2.18. The van der Waals surface area contributed by atoms with Gasteiger partial charge in [-0.3, -0.25) is 4.79 Å². The van der Waals surface area contributed by atoms with Crippen molar-refractivity contribution in [1.29, 1.82) is 0 Å². The molecule has 2 aromatic heterocycles. The molecule has 0 aliphatic heterocycles. The molecule has 29 heavy (non-hydrogen) atoms. The van der Waals surface area contributed by atoms with Crippen molar-refractivity contribution in [1.82, 2.24) is 14.6 Å². The number of hydrogen-bond acceptors (Lipinski definition) is 7. The van der Waals surface area contributed by atoms with E-state index in [0.717, 1.165) is 5.56 Å². The number of thiazole rings is 1. The number of halogens is 1. The second-order valence-corrected chi connectivity index (χ2v) is 7.40. The van der Waals surface area contributed by atoms with Crippen molar-refractivity contribution in [2.45, 2.75) is 0 Å². The van der Waals surface area contributed by atoms with Gasteiger partial charge in [0.15, 0.2) is 17.3 Å². The molecule has 0 saturated carbocycles. The van der Waals surface area contributed by atoms with E-state index in [1.54, 1.807) is 24.3 Å². The minimum Gasteiger partial charge on any atom is -0.493 e. The zero-order chi connectivity index (χ0) is 20.5. The van der Waals surface area contributed by atoms with E-state index in [2.05, 4.69) is 10.1 Å². The molecule has 2 heterocycles. The third kappa shape index (κ3) is 3.41. The Bertz CT molecular complexity index is 1290. The molecule has 0 bridgehead atoms. The molecule has 4 rings (SSSR count). The second kappa shape index (κ2) is 7.73. The van der Waals surface area contributed by atoms with Gasteiger partial charge in [-0.05, 0) is 29.8 Å². The summed E-state index contributed by atoms with van der Waals surface area (Å²) in [5.41, 5.74) is 1.16. The molecule has 0 N–H and O–H groups in total. The number of ether oxygens (including phenoxy) is 3. The van der Waals surface area contributed by atoms with Crippen LogP contribution < -0.4 is 24.3 Å². The standard InChI is InChI=1S/C20H16ClN3O4S/c1-26-14-8-12(9-15(27-2)17(14)28-3)18-22-20-24(23-18)19(25)16(29-20)10-11-6-4-5-7-13(11)21/h4-10H,1-3H3/b16-10-. The van der Waals surface area contributed by atoms with Crippen LogP contribution in [-0.4, -0.2) is 35.9 Å². The van der Waals surface area contributed by atoms with Crippen LogP contribution in [0.3, 0.4) is 0 Å². The second-order valence-electron chi connectivity index (χ2n) is 5.98. The number of nitrogens with zero attached hydrogens (tertiary/aromatic N) is 3. The summed E-state index contributed by atoms with van der Waals surface area (Å²) in [6, 6.07) is 10.8. The van der Waals surface area contributed by atoms with Crippen molar-refractivity contribution in [2.75, 3.05) is 21.3 Å². The van der Waals surface area contributed by atoms with Crippen LogP contribution in [0.1, 0.15) is 5.56 Å². The Morgan fingerprint density at radius 3 is 2.34 bits per heavy atom. The molecule has 9 heteroatoms. The number of methoxy groups -OCH3 is 3. The molecule has 2 aromatic carbocycles. The lowest BCUT2D eigenvalue weighted by molar-refractivity contribution is 0.324. The van der Waals surface area contributed by atoms with Crippen molar-refractivity contribution in [3.63, 3.8) is 0 Å². The van der Waals surface area contributed by atoms with Gasteiger partial charge >= 0.3 is 0 Å². The molecule has 0 fully saturated rings. The Morgan fingerprint density at radius 1 is 1.07 bits per heavy atom.